The normalized spacial score (nSPS) is 19.1. The summed E-state index contributed by atoms with van der Waals surface area (Å²) in [5.41, 5.74) is -6.56. The fraction of sp³-hybridized carbons (Fsp3) is 0.632. The minimum atomic E-state index is -5.93. The number of nitrogens with zero attached hydrogens (tertiary/aromatic N) is 2. The predicted molar refractivity (Wildman–Crippen MR) is 97.1 cm³/mol. The molecule has 0 unspecified atom stereocenters. The highest BCUT2D eigenvalue weighted by atomic mass is 19.4. The minimum absolute atomic E-state index is 0.263. The first-order chi connectivity index (χ1) is 13.5. The highest BCUT2D eigenvalue weighted by molar-refractivity contribution is 5.69. The molecule has 1 fully saturated rings. The van der Waals surface area contributed by atoms with Crippen molar-refractivity contribution in [2.45, 2.75) is 57.3 Å². The Bertz CT molecular complexity index is 742. The molecule has 1 saturated heterocycles. The highest BCUT2D eigenvalue weighted by Crippen LogP contribution is 2.50. The number of amides is 1. The van der Waals surface area contributed by atoms with Crippen molar-refractivity contribution in [3.05, 3.63) is 29.8 Å². The molecular weight excluding hydrogens is 418 g/mol. The van der Waals surface area contributed by atoms with E-state index in [1.54, 1.807) is 32.6 Å². The van der Waals surface area contributed by atoms with Crippen molar-refractivity contribution in [1.29, 1.82) is 0 Å². The van der Waals surface area contributed by atoms with Crippen molar-refractivity contribution in [3.63, 3.8) is 0 Å². The number of anilines is 1. The van der Waals surface area contributed by atoms with E-state index < -0.39 is 35.2 Å². The molecule has 1 aliphatic rings. The summed E-state index contributed by atoms with van der Waals surface area (Å²) >= 11 is 0. The van der Waals surface area contributed by atoms with Crippen LogP contribution in [0.4, 0.5) is 36.8 Å². The Kier molecular flexibility index (Phi) is 6.29. The van der Waals surface area contributed by atoms with Gasteiger partial charge in [0.2, 0.25) is 0 Å². The van der Waals surface area contributed by atoms with Crippen molar-refractivity contribution < 1.29 is 41.0 Å². The second-order valence-electron chi connectivity index (χ2n) is 8.22. The third kappa shape index (κ3) is 4.76. The summed E-state index contributed by atoms with van der Waals surface area (Å²) < 4.78 is 83.4. The van der Waals surface area contributed by atoms with Gasteiger partial charge in [0, 0.05) is 36.9 Å². The number of alkyl halides is 6. The van der Waals surface area contributed by atoms with E-state index in [-0.39, 0.29) is 19.1 Å². The van der Waals surface area contributed by atoms with Crippen LogP contribution in [0.5, 0.6) is 0 Å². The lowest BCUT2D eigenvalue weighted by Crippen LogP contribution is -2.55. The molecule has 1 amide bonds. The molecule has 1 N–H and O–H groups in total. The predicted octanol–water partition coefficient (Wildman–Crippen LogP) is 4.44. The average molecular weight is 442 g/mol. The van der Waals surface area contributed by atoms with Gasteiger partial charge in [-0.15, -0.1) is 0 Å². The zero-order chi connectivity index (χ0) is 23.1. The van der Waals surface area contributed by atoms with Gasteiger partial charge < -0.3 is 19.6 Å². The van der Waals surface area contributed by atoms with Crippen molar-refractivity contribution >= 4 is 11.8 Å². The maximum Gasteiger partial charge on any atom is 0.430 e. The van der Waals surface area contributed by atoms with Crippen molar-refractivity contribution in [1.82, 2.24) is 4.90 Å². The summed E-state index contributed by atoms with van der Waals surface area (Å²) in [5.74, 6) is 0. The van der Waals surface area contributed by atoms with E-state index in [2.05, 4.69) is 0 Å². The van der Waals surface area contributed by atoms with E-state index in [0.29, 0.717) is 24.4 Å². The zero-order valence-electron chi connectivity index (χ0n) is 16.9. The van der Waals surface area contributed by atoms with Crippen LogP contribution in [-0.2, 0) is 10.3 Å². The van der Waals surface area contributed by atoms with Crippen LogP contribution in [0.15, 0.2) is 24.3 Å². The van der Waals surface area contributed by atoms with Crippen LogP contribution in [-0.4, -0.2) is 59.7 Å². The second kappa shape index (κ2) is 7.82. The molecule has 0 saturated carbocycles. The van der Waals surface area contributed by atoms with E-state index in [1.807, 2.05) is 0 Å². The number of hydrogen-bond acceptors (Lipinski definition) is 4. The van der Waals surface area contributed by atoms with E-state index in [0.717, 1.165) is 12.1 Å². The molecular formula is C19H24F6N2O3. The standard InChI is InChI=1S/C19H24F6N2O3/c1-12-11-26(15(28)30-16(2,3)4)9-10-27(12)14-7-5-13(6-8-14)17(29,18(20,21)22)19(23,24)25/h5-8,12,29H,9-11H2,1-4H3/t12-/m0/s1. The van der Waals surface area contributed by atoms with Gasteiger partial charge in [-0.1, -0.05) is 12.1 Å². The van der Waals surface area contributed by atoms with Gasteiger partial charge in [0.25, 0.3) is 5.60 Å². The number of rotatable bonds is 2. The van der Waals surface area contributed by atoms with E-state index in [9.17, 15) is 36.2 Å². The van der Waals surface area contributed by atoms with Crippen LogP contribution in [0.1, 0.15) is 33.3 Å². The summed E-state index contributed by atoms with van der Waals surface area (Å²) in [5, 5.41) is 9.48. The Morgan fingerprint density at radius 1 is 1.00 bits per heavy atom. The Labute approximate surface area is 170 Å². The lowest BCUT2D eigenvalue weighted by molar-refractivity contribution is -0.376. The number of aliphatic hydroxyl groups is 1. The van der Waals surface area contributed by atoms with Gasteiger partial charge in [-0.3, -0.25) is 0 Å². The van der Waals surface area contributed by atoms with E-state index in [1.165, 1.54) is 4.90 Å². The average Bonchev–Trinajstić information content (AvgIpc) is 2.57. The van der Waals surface area contributed by atoms with Crippen LogP contribution in [0.3, 0.4) is 0 Å². The first-order valence-electron chi connectivity index (χ1n) is 9.18. The molecule has 5 nitrogen and oxygen atoms in total. The van der Waals surface area contributed by atoms with Gasteiger partial charge in [-0.05, 0) is 39.8 Å². The lowest BCUT2D eigenvalue weighted by atomic mass is 9.92. The molecule has 170 valence electrons. The largest absolute Gasteiger partial charge is 0.444 e. The van der Waals surface area contributed by atoms with Crippen LogP contribution < -0.4 is 4.90 Å². The first kappa shape index (κ1) is 24.1. The molecule has 30 heavy (non-hydrogen) atoms. The SMILES string of the molecule is C[C@H]1CN(C(=O)OC(C)(C)C)CCN1c1ccc(C(O)(C(F)(F)F)C(F)(F)F)cc1. The second-order valence-corrected chi connectivity index (χ2v) is 8.22. The van der Waals surface area contributed by atoms with Gasteiger partial charge in [0.05, 0.1) is 0 Å². The number of carbonyl (C=O) groups is 1. The third-order valence-corrected chi connectivity index (χ3v) is 4.72. The monoisotopic (exact) mass is 442 g/mol. The lowest BCUT2D eigenvalue weighted by Gasteiger charge is -2.41. The van der Waals surface area contributed by atoms with Crippen LogP contribution >= 0.6 is 0 Å². The summed E-state index contributed by atoms with van der Waals surface area (Å²) in [6.07, 6.45) is -12.4. The molecule has 1 atom stereocenters. The Morgan fingerprint density at radius 2 is 1.50 bits per heavy atom. The molecule has 11 heteroatoms. The van der Waals surface area contributed by atoms with E-state index in [4.69, 9.17) is 4.74 Å². The number of hydrogen-bond donors (Lipinski definition) is 1. The molecule has 0 spiro atoms. The van der Waals surface area contributed by atoms with Crippen LogP contribution in [0, 0.1) is 0 Å². The smallest absolute Gasteiger partial charge is 0.430 e. The van der Waals surface area contributed by atoms with Crippen molar-refractivity contribution in [2.75, 3.05) is 24.5 Å². The van der Waals surface area contributed by atoms with Gasteiger partial charge in [0.15, 0.2) is 0 Å². The molecule has 1 aliphatic heterocycles. The minimum Gasteiger partial charge on any atom is -0.444 e. The number of halogens is 6. The Hall–Kier alpha value is -2.17. The van der Waals surface area contributed by atoms with Gasteiger partial charge in [-0.2, -0.15) is 26.3 Å². The van der Waals surface area contributed by atoms with Crippen LogP contribution in [0.2, 0.25) is 0 Å². The maximum atomic E-state index is 13.0. The summed E-state index contributed by atoms with van der Waals surface area (Å²) in [6, 6.07) is 3.16. The maximum absolute atomic E-state index is 13.0. The van der Waals surface area contributed by atoms with E-state index >= 15 is 0 Å². The van der Waals surface area contributed by atoms with Crippen molar-refractivity contribution in [2.24, 2.45) is 0 Å². The molecule has 0 aliphatic carbocycles. The summed E-state index contributed by atoms with van der Waals surface area (Å²) in [7, 11) is 0. The Morgan fingerprint density at radius 3 is 1.90 bits per heavy atom. The summed E-state index contributed by atoms with van der Waals surface area (Å²) in [4.78, 5) is 15.4. The molecule has 2 rings (SSSR count). The number of carbonyl (C=O) groups excluding carboxylic acids is 1. The van der Waals surface area contributed by atoms with Gasteiger partial charge >= 0.3 is 18.4 Å². The number of piperazine rings is 1. The topological polar surface area (TPSA) is 53.0 Å². The summed E-state index contributed by atoms with van der Waals surface area (Å²) in [6.45, 7) is 7.82. The molecule has 1 aromatic rings. The third-order valence-electron chi connectivity index (χ3n) is 4.72. The van der Waals surface area contributed by atoms with Crippen molar-refractivity contribution in [3.8, 4) is 0 Å². The first-order valence-corrected chi connectivity index (χ1v) is 9.18. The highest BCUT2D eigenvalue weighted by Gasteiger charge is 2.71. The molecule has 1 aromatic carbocycles. The fourth-order valence-corrected chi connectivity index (χ4v) is 3.22. The molecule has 0 radical (unpaired) electrons. The van der Waals surface area contributed by atoms with Gasteiger partial charge in [0.1, 0.15) is 5.60 Å². The number of benzene rings is 1. The molecule has 0 bridgehead atoms. The molecule has 0 aromatic heterocycles. The zero-order valence-corrected chi connectivity index (χ0v) is 16.9. The van der Waals surface area contributed by atoms with Crippen LogP contribution in [0.25, 0.3) is 0 Å². The fourth-order valence-electron chi connectivity index (χ4n) is 3.22. The quantitative estimate of drug-likeness (QED) is 0.688. The van der Waals surface area contributed by atoms with Gasteiger partial charge in [-0.25, -0.2) is 4.79 Å². The molecule has 1 heterocycles. The Balaban J connectivity index is 2.19. The number of ether oxygens (including phenoxy) is 1.